The normalized spacial score (nSPS) is 11.3. The van der Waals surface area contributed by atoms with Crippen LogP contribution in [0.1, 0.15) is 27.9 Å². The van der Waals surface area contributed by atoms with Gasteiger partial charge in [0.15, 0.2) is 0 Å². The first-order chi connectivity index (χ1) is 17.2. The fourth-order valence-electron chi connectivity index (χ4n) is 4.68. The number of aromatic amines is 1. The van der Waals surface area contributed by atoms with E-state index in [1.165, 1.54) is 38.9 Å². The molecule has 0 spiro atoms. The standard InChI is InChI=1S/C32H32N2O/c1-25-30(31-21-29(17-18-32(31)33-25)35-24-28-15-9-4-10-16-28)19-20-34(22-26-11-5-2-6-12-26)23-27-13-7-3-8-14-27/h2-18,21,33H,19-20,22-24H2,1H3. The number of nitrogens with zero attached hydrogens (tertiary/aromatic N) is 1. The predicted octanol–water partition coefficient (Wildman–Crippen LogP) is 7.30. The lowest BCUT2D eigenvalue weighted by Crippen LogP contribution is -2.25. The van der Waals surface area contributed by atoms with E-state index in [1.807, 2.05) is 18.2 Å². The van der Waals surface area contributed by atoms with Crippen LogP contribution in [0, 0.1) is 6.92 Å². The SMILES string of the molecule is Cc1[nH]c2ccc(OCc3ccccc3)cc2c1CCN(Cc1ccccc1)Cc1ccccc1. The molecule has 0 saturated heterocycles. The van der Waals surface area contributed by atoms with Gasteiger partial charge in [0, 0.05) is 36.2 Å². The van der Waals surface area contributed by atoms with Gasteiger partial charge in [-0.25, -0.2) is 0 Å². The molecule has 0 radical (unpaired) electrons. The highest BCUT2D eigenvalue weighted by Crippen LogP contribution is 2.28. The van der Waals surface area contributed by atoms with Gasteiger partial charge in [0.25, 0.3) is 0 Å². The second-order valence-electron chi connectivity index (χ2n) is 9.14. The van der Waals surface area contributed by atoms with Crippen LogP contribution in [-0.4, -0.2) is 16.4 Å². The molecule has 0 amide bonds. The van der Waals surface area contributed by atoms with Crippen molar-refractivity contribution in [3.63, 3.8) is 0 Å². The Bertz CT molecular complexity index is 1300. The fraction of sp³-hybridized carbons (Fsp3) is 0.188. The number of aryl methyl sites for hydroxylation is 1. The number of benzene rings is 4. The number of aromatic nitrogens is 1. The van der Waals surface area contributed by atoms with Crippen molar-refractivity contribution in [3.05, 3.63) is 137 Å². The van der Waals surface area contributed by atoms with E-state index in [2.05, 4.69) is 108 Å². The molecule has 1 N–H and O–H groups in total. The van der Waals surface area contributed by atoms with Gasteiger partial charge in [0.05, 0.1) is 0 Å². The summed E-state index contributed by atoms with van der Waals surface area (Å²) in [6.07, 6.45) is 0.980. The van der Waals surface area contributed by atoms with Gasteiger partial charge in [0.2, 0.25) is 0 Å². The zero-order valence-electron chi connectivity index (χ0n) is 20.3. The van der Waals surface area contributed by atoms with E-state index in [1.54, 1.807) is 0 Å². The Kier molecular flexibility index (Phi) is 7.26. The van der Waals surface area contributed by atoms with E-state index >= 15 is 0 Å². The zero-order valence-corrected chi connectivity index (χ0v) is 20.3. The lowest BCUT2D eigenvalue weighted by molar-refractivity contribution is 0.260. The van der Waals surface area contributed by atoms with Crippen LogP contribution in [0.15, 0.2) is 109 Å². The molecule has 0 bridgehead atoms. The van der Waals surface area contributed by atoms with Crippen LogP contribution in [0.25, 0.3) is 10.9 Å². The minimum atomic E-state index is 0.576. The van der Waals surface area contributed by atoms with E-state index in [-0.39, 0.29) is 0 Å². The van der Waals surface area contributed by atoms with E-state index in [0.717, 1.165) is 31.8 Å². The molecule has 0 aliphatic carbocycles. The second-order valence-corrected chi connectivity index (χ2v) is 9.14. The first-order valence-electron chi connectivity index (χ1n) is 12.3. The third kappa shape index (κ3) is 6.00. The Labute approximate surface area is 208 Å². The van der Waals surface area contributed by atoms with Crippen molar-refractivity contribution in [2.45, 2.75) is 33.0 Å². The molecule has 4 aromatic carbocycles. The quantitative estimate of drug-likeness (QED) is 0.237. The molecule has 3 heteroatoms. The van der Waals surface area contributed by atoms with Gasteiger partial charge in [-0.1, -0.05) is 91.0 Å². The van der Waals surface area contributed by atoms with Crippen molar-refractivity contribution >= 4 is 10.9 Å². The first kappa shape index (κ1) is 22.9. The Morgan fingerprint density at radius 1 is 0.686 bits per heavy atom. The second kappa shape index (κ2) is 11.1. The molecule has 3 nitrogen and oxygen atoms in total. The monoisotopic (exact) mass is 460 g/mol. The van der Waals surface area contributed by atoms with Crippen molar-refractivity contribution in [3.8, 4) is 5.75 Å². The molecule has 0 aliphatic heterocycles. The summed E-state index contributed by atoms with van der Waals surface area (Å²) in [5, 5.41) is 1.26. The number of rotatable bonds is 10. The Balaban J connectivity index is 1.33. The summed E-state index contributed by atoms with van der Waals surface area (Å²) in [4.78, 5) is 6.12. The molecule has 0 saturated carbocycles. The summed E-state index contributed by atoms with van der Waals surface area (Å²) in [6.45, 7) is 5.60. The van der Waals surface area contributed by atoms with Crippen molar-refractivity contribution in [2.75, 3.05) is 6.54 Å². The van der Waals surface area contributed by atoms with Crippen molar-refractivity contribution in [2.24, 2.45) is 0 Å². The summed E-state index contributed by atoms with van der Waals surface area (Å²) in [7, 11) is 0. The van der Waals surface area contributed by atoms with Gasteiger partial charge in [-0.15, -0.1) is 0 Å². The zero-order chi connectivity index (χ0) is 23.9. The fourth-order valence-corrected chi connectivity index (χ4v) is 4.68. The smallest absolute Gasteiger partial charge is 0.120 e. The van der Waals surface area contributed by atoms with Crippen molar-refractivity contribution in [1.82, 2.24) is 9.88 Å². The molecular formula is C32H32N2O. The molecule has 35 heavy (non-hydrogen) atoms. The van der Waals surface area contributed by atoms with Crippen molar-refractivity contribution in [1.29, 1.82) is 0 Å². The molecule has 176 valence electrons. The molecule has 5 rings (SSSR count). The molecule has 0 atom stereocenters. The average Bonchev–Trinajstić information content (AvgIpc) is 3.22. The van der Waals surface area contributed by atoms with Crippen LogP contribution in [0.4, 0.5) is 0 Å². The Morgan fingerprint density at radius 3 is 1.86 bits per heavy atom. The Morgan fingerprint density at radius 2 is 1.26 bits per heavy atom. The van der Waals surface area contributed by atoms with Gasteiger partial charge in [-0.2, -0.15) is 0 Å². The summed E-state index contributed by atoms with van der Waals surface area (Å²) in [5.41, 5.74) is 7.64. The van der Waals surface area contributed by atoms with Crippen LogP contribution in [0.3, 0.4) is 0 Å². The number of hydrogen-bond donors (Lipinski definition) is 1. The third-order valence-electron chi connectivity index (χ3n) is 6.52. The van der Waals surface area contributed by atoms with Crippen molar-refractivity contribution < 1.29 is 4.74 Å². The summed E-state index contributed by atoms with van der Waals surface area (Å²) in [6, 6.07) is 38.2. The van der Waals surface area contributed by atoms with Crippen LogP contribution in [-0.2, 0) is 26.1 Å². The first-order valence-corrected chi connectivity index (χ1v) is 12.3. The molecule has 1 heterocycles. The van der Waals surface area contributed by atoms with Crippen LogP contribution < -0.4 is 4.74 Å². The highest BCUT2D eigenvalue weighted by Gasteiger charge is 2.13. The molecule has 0 unspecified atom stereocenters. The van der Waals surface area contributed by atoms with Gasteiger partial charge in [-0.3, -0.25) is 4.90 Å². The maximum absolute atomic E-state index is 6.12. The van der Waals surface area contributed by atoms with Gasteiger partial charge >= 0.3 is 0 Å². The maximum Gasteiger partial charge on any atom is 0.120 e. The highest BCUT2D eigenvalue weighted by atomic mass is 16.5. The molecule has 5 aromatic rings. The molecule has 0 aliphatic rings. The predicted molar refractivity (Wildman–Crippen MR) is 145 cm³/mol. The maximum atomic E-state index is 6.12. The molecule has 0 fully saturated rings. The highest BCUT2D eigenvalue weighted by molar-refractivity contribution is 5.86. The number of ether oxygens (including phenoxy) is 1. The third-order valence-corrected chi connectivity index (χ3v) is 6.52. The van der Waals surface area contributed by atoms with Crippen LogP contribution in [0.5, 0.6) is 5.75 Å². The topological polar surface area (TPSA) is 28.3 Å². The number of nitrogens with one attached hydrogen (secondary N) is 1. The Hall–Kier alpha value is -3.82. The molecule has 1 aromatic heterocycles. The van der Waals surface area contributed by atoms with E-state index in [0.29, 0.717) is 6.61 Å². The number of fused-ring (bicyclic) bond motifs is 1. The molecular weight excluding hydrogens is 428 g/mol. The van der Waals surface area contributed by atoms with Gasteiger partial charge < -0.3 is 9.72 Å². The number of hydrogen-bond acceptors (Lipinski definition) is 2. The van der Waals surface area contributed by atoms with Gasteiger partial charge in [0.1, 0.15) is 12.4 Å². The largest absolute Gasteiger partial charge is 0.489 e. The minimum absolute atomic E-state index is 0.576. The average molecular weight is 461 g/mol. The minimum Gasteiger partial charge on any atom is -0.489 e. The number of H-pyrrole nitrogens is 1. The van der Waals surface area contributed by atoms with E-state index < -0.39 is 0 Å². The summed E-state index contributed by atoms with van der Waals surface area (Å²) < 4.78 is 6.12. The van der Waals surface area contributed by atoms with E-state index in [4.69, 9.17) is 4.74 Å². The lowest BCUT2D eigenvalue weighted by Gasteiger charge is -2.23. The van der Waals surface area contributed by atoms with E-state index in [9.17, 15) is 0 Å². The van der Waals surface area contributed by atoms with Crippen LogP contribution in [0.2, 0.25) is 0 Å². The summed E-state index contributed by atoms with van der Waals surface area (Å²) in [5.74, 6) is 0.909. The lowest BCUT2D eigenvalue weighted by atomic mass is 10.1. The summed E-state index contributed by atoms with van der Waals surface area (Å²) >= 11 is 0. The van der Waals surface area contributed by atoms with Crippen LogP contribution >= 0.6 is 0 Å². The van der Waals surface area contributed by atoms with Gasteiger partial charge in [-0.05, 0) is 53.8 Å².